The SMILES string of the molecule is O=S(=O)(N=S1CCN(S(=O)(=O)c2ccc(Cl)cc2)CC1)c1ccc(-n2cccn2)cc1. The van der Waals surface area contributed by atoms with E-state index in [9.17, 15) is 16.8 Å². The van der Waals surface area contributed by atoms with Gasteiger partial charge in [-0.1, -0.05) is 22.3 Å². The lowest BCUT2D eigenvalue weighted by atomic mass is 10.3. The molecule has 1 fully saturated rings. The van der Waals surface area contributed by atoms with Gasteiger partial charge in [0.2, 0.25) is 10.0 Å². The van der Waals surface area contributed by atoms with Crippen molar-refractivity contribution in [3.63, 3.8) is 0 Å². The predicted octanol–water partition coefficient (Wildman–Crippen LogP) is 2.72. The van der Waals surface area contributed by atoms with Gasteiger partial charge in [-0.2, -0.15) is 17.8 Å². The third kappa shape index (κ3) is 4.90. The highest BCUT2D eigenvalue weighted by Gasteiger charge is 2.28. The molecule has 2 aromatic carbocycles. The van der Waals surface area contributed by atoms with Crippen molar-refractivity contribution in [3.8, 4) is 5.69 Å². The molecule has 12 heteroatoms. The Kier molecular flexibility index (Phi) is 6.31. The number of hydrogen-bond acceptors (Lipinski definition) is 5. The van der Waals surface area contributed by atoms with E-state index in [1.165, 1.54) is 40.7 Å². The Labute approximate surface area is 188 Å². The van der Waals surface area contributed by atoms with E-state index in [4.69, 9.17) is 11.6 Å². The summed E-state index contributed by atoms with van der Waals surface area (Å²) < 4.78 is 58.0. The van der Waals surface area contributed by atoms with Crippen molar-refractivity contribution in [1.29, 1.82) is 0 Å². The Balaban J connectivity index is 1.46. The van der Waals surface area contributed by atoms with Gasteiger partial charge in [-0.15, -0.1) is 3.77 Å². The van der Waals surface area contributed by atoms with Gasteiger partial charge in [0.05, 0.1) is 15.5 Å². The Bertz CT molecular complexity index is 1300. The van der Waals surface area contributed by atoms with Crippen LogP contribution in [0.4, 0.5) is 0 Å². The summed E-state index contributed by atoms with van der Waals surface area (Å²) in [6.07, 6.45) is 3.40. The summed E-state index contributed by atoms with van der Waals surface area (Å²) >= 11 is 5.83. The summed E-state index contributed by atoms with van der Waals surface area (Å²) in [5.74, 6) is 0.717. The van der Waals surface area contributed by atoms with Crippen LogP contribution in [0.25, 0.3) is 5.69 Å². The minimum absolute atomic E-state index is 0.104. The van der Waals surface area contributed by atoms with Crippen molar-refractivity contribution < 1.29 is 16.8 Å². The fourth-order valence-corrected chi connectivity index (χ4v) is 8.47. The zero-order valence-corrected chi connectivity index (χ0v) is 19.4. The molecular formula is C19H19ClN4O4S3. The molecule has 0 amide bonds. The fraction of sp³-hybridized carbons (Fsp3) is 0.211. The quantitative estimate of drug-likeness (QED) is 0.538. The summed E-state index contributed by atoms with van der Waals surface area (Å²) in [6, 6.07) is 14.1. The van der Waals surface area contributed by atoms with Gasteiger partial charge < -0.3 is 0 Å². The molecule has 0 bridgehead atoms. The lowest BCUT2D eigenvalue weighted by Crippen LogP contribution is -2.41. The first-order valence-electron chi connectivity index (χ1n) is 9.27. The Hall–Kier alpha value is -2.05. The van der Waals surface area contributed by atoms with E-state index >= 15 is 0 Å². The first-order chi connectivity index (χ1) is 14.8. The minimum Gasteiger partial charge on any atom is -0.241 e. The molecule has 31 heavy (non-hydrogen) atoms. The van der Waals surface area contributed by atoms with Crippen molar-refractivity contribution in [3.05, 3.63) is 72.0 Å². The molecular weight excluding hydrogens is 480 g/mol. The van der Waals surface area contributed by atoms with Crippen LogP contribution in [-0.4, -0.2) is 55.5 Å². The maximum atomic E-state index is 12.8. The van der Waals surface area contributed by atoms with E-state index in [-0.39, 0.29) is 22.9 Å². The summed E-state index contributed by atoms with van der Waals surface area (Å²) in [7, 11) is -8.25. The second kappa shape index (κ2) is 8.83. The molecule has 8 nitrogen and oxygen atoms in total. The van der Waals surface area contributed by atoms with E-state index in [0.29, 0.717) is 16.5 Å². The molecule has 164 valence electrons. The van der Waals surface area contributed by atoms with Crippen LogP contribution in [0.3, 0.4) is 0 Å². The van der Waals surface area contributed by atoms with Gasteiger partial charge in [0, 0.05) is 42.0 Å². The van der Waals surface area contributed by atoms with Gasteiger partial charge in [0.25, 0.3) is 10.0 Å². The fourth-order valence-electron chi connectivity index (χ4n) is 3.07. The van der Waals surface area contributed by atoms with Crippen molar-refractivity contribution in [2.75, 3.05) is 24.6 Å². The number of benzene rings is 2. The monoisotopic (exact) mass is 498 g/mol. The largest absolute Gasteiger partial charge is 0.287 e. The van der Waals surface area contributed by atoms with E-state index in [0.717, 1.165) is 5.69 Å². The number of sulfonamides is 2. The molecule has 3 aromatic rings. The number of aromatic nitrogens is 2. The summed E-state index contributed by atoms with van der Waals surface area (Å²) in [4.78, 5) is 0.271. The molecule has 4 rings (SSSR count). The van der Waals surface area contributed by atoms with Gasteiger partial charge in [-0.25, -0.2) is 13.1 Å². The second-order valence-corrected chi connectivity index (χ2v) is 12.9. The highest BCUT2D eigenvalue weighted by Crippen LogP contribution is 2.22. The zero-order valence-electron chi connectivity index (χ0n) is 16.2. The van der Waals surface area contributed by atoms with Crippen LogP contribution in [0.5, 0.6) is 0 Å². The topological polar surface area (TPSA) is 102 Å². The predicted molar refractivity (Wildman–Crippen MR) is 120 cm³/mol. The minimum atomic E-state index is -3.83. The second-order valence-electron chi connectivity index (χ2n) is 6.72. The van der Waals surface area contributed by atoms with Crippen LogP contribution in [0.1, 0.15) is 0 Å². The first kappa shape index (κ1) is 22.2. The maximum Gasteiger partial charge on any atom is 0.287 e. The van der Waals surface area contributed by atoms with Crippen LogP contribution in [0.15, 0.2) is 80.5 Å². The third-order valence-corrected chi connectivity index (χ3v) is 10.7. The number of halogens is 1. The van der Waals surface area contributed by atoms with Gasteiger partial charge in [0.15, 0.2) is 0 Å². The lowest BCUT2D eigenvalue weighted by molar-refractivity contribution is 0.442. The van der Waals surface area contributed by atoms with E-state index in [1.54, 1.807) is 35.3 Å². The van der Waals surface area contributed by atoms with Crippen LogP contribution < -0.4 is 0 Å². The molecule has 0 unspecified atom stereocenters. The van der Waals surface area contributed by atoms with E-state index in [2.05, 4.69) is 8.87 Å². The van der Waals surface area contributed by atoms with Crippen molar-refractivity contribution in [2.24, 2.45) is 3.77 Å². The normalized spacial score (nSPS) is 16.3. The Morgan fingerprint density at radius 3 is 2.10 bits per heavy atom. The summed E-state index contributed by atoms with van der Waals surface area (Å²) in [5, 5.41) is 4.57. The molecule has 0 radical (unpaired) electrons. The molecule has 0 atom stereocenters. The molecule has 2 heterocycles. The molecule has 1 aromatic heterocycles. The maximum absolute atomic E-state index is 12.8. The van der Waals surface area contributed by atoms with Crippen molar-refractivity contribution >= 4 is 42.3 Å². The Morgan fingerprint density at radius 2 is 1.52 bits per heavy atom. The standard InChI is InChI=1S/C19H19ClN4O4S3/c20-16-2-6-19(7-3-16)31(27,28)23-12-14-29(15-13-23)22-30(25,26)18-8-4-17(5-9-18)24-11-1-10-21-24/h1-11H,12-15H2. The van der Waals surface area contributed by atoms with Gasteiger partial charge >= 0.3 is 0 Å². The smallest absolute Gasteiger partial charge is 0.241 e. The van der Waals surface area contributed by atoms with Crippen molar-refractivity contribution in [1.82, 2.24) is 14.1 Å². The third-order valence-electron chi connectivity index (χ3n) is 4.71. The lowest BCUT2D eigenvalue weighted by Gasteiger charge is -2.27. The highest BCUT2D eigenvalue weighted by molar-refractivity contribution is 8.00. The van der Waals surface area contributed by atoms with Crippen LogP contribution in [-0.2, 0) is 30.7 Å². The average molecular weight is 499 g/mol. The molecule has 1 aliphatic heterocycles. The van der Waals surface area contributed by atoms with Gasteiger partial charge in [0.1, 0.15) is 0 Å². The van der Waals surface area contributed by atoms with E-state index in [1.807, 2.05) is 0 Å². The van der Waals surface area contributed by atoms with Gasteiger partial charge in [-0.05, 0) is 54.6 Å². The van der Waals surface area contributed by atoms with Crippen LogP contribution in [0.2, 0.25) is 5.02 Å². The molecule has 0 N–H and O–H groups in total. The van der Waals surface area contributed by atoms with Crippen molar-refractivity contribution in [2.45, 2.75) is 9.79 Å². The highest BCUT2D eigenvalue weighted by atomic mass is 35.5. The van der Waals surface area contributed by atoms with Crippen LogP contribution in [0, 0.1) is 0 Å². The zero-order chi connectivity index (χ0) is 22.1. The Morgan fingerprint density at radius 1 is 0.903 bits per heavy atom. The number of rotatable bonds is 5. The van der Waals surface area contributed by atoms with Crippen LogP contribution >= 0.6 is 11.6 Å². The summed E-state index contributed by atoms with van der Waals surface area (Å²) in [5.41, 5.74) is 0.743. The molecule has 1 saturated heterocycles. The molecule has 0 aliphatic carbocycles. The average Bonchev–Trinajstić information content (AvgIpc) is 3.29. The number of nitrogens with zero attached hydrogens (tertiary/aromatic N) is 4. The molecule has 0 spiro atoms. The first-order valence-corrected chi connectivity index (χ1v) is 14.0. The summed E-state index contributed by atoms with van der Waals surface area (Å²) in [6.45, 7) is 0.427. The molecule has 0 saturated carbocycles. The molecule has 1 aliphatic rings. The van der Waals surface area contributed by atoms with E-state index < -0.39 is 30.7 Å². The number of hydrogen-bond donors (Lipinski definition) is 0. The van der Waals surface area contributed by atoms with Gasteiger partial charge in [-0.3, -0.25) is 0 Å².